The zero-order valence-electron chi connectivity index (χ0n) is 2.91. The maximum absolute atomic E-state index is 11.6. The fourth-order valence-electron chi connectivity index (χ4n) is 0.209. The Labute approximate surface area is 39.6 Å². The molecule has 0 aromatic carbocycles. The number of hydrogen-bond acceptors (Lipinski definition) is 2. The lowest BCUT2D eigenvalue weighted by atomic mass is 10.5. The zero-order valence-corrected chi connectivity index (χ0v) is 3.67. The van der Waals surface area contributed by atoms with Gasteiger partial charge in [-0.05, 0) is 0 Å². The zero-order chi connectivity index (χ0) is 4.57. The molecule has 2 atom stereocenters. The van der Waals surface area contributed by atoms with Crippen molar-refractivity contribution in [3.63, 3.8) is 0 Å². The average Bonchev–Trinajstić information content (AvgIpc) is 1.61. The van der Waals surface area contributed by atoms with Crippen molar-refractivity contribution in [1.82, 2.24) is 10.9 Å². The molecule has 0 spiro atoms. The van der Waals surface area contributed by atoms with Gasteiger partial charge in [0.25, 0.3) is 0 Å². The summed E-state index contributed by atoms with van der Waals surface area (Å²) in [4.78, 5) is 0. The van der Waals surface area contributed by atoms with E-state index in [1.165, 1.54) is 0 Å². The molecule has 0 aromatic rings. The average molecular weight is 111 g/mol. The van der Waals surface area contributed by atoms with Gasteiger partial charge in [-0.25, -0.2) is 15.2 Å². The van der Waals surface area contributed by atoms with Crippen LogP contribution in [0.3, 0.4) is 0 Å². The number of hydrogen-bond donors (Lipinski definition) is 2. The molecule has 2 nitrogen and oxygen atoms in total. The molecule has 0 aliphatic carbocycles. The summed E-state index contributed by atoms with van der Waals surface area (Å²) in [5.74, 6) is 0. The van der Waals surface area contributed by atoms with E-state index in [1.807, 2.05) is 0 Å². The van der Waals surface area contributed by atoms with Crippen LogP contribution in [0.1, 0.15) is 0 Å². The fraction of sp³-hybridized carbons (Fsp3) is 1.00. The van der Waals surface area contributed by atoms with Crippen molar-refractivity contribution in [2.24, 2.45) is 0 Å². The van der Waals surface area contributed by atoms with Gasteiger partial charge < -0.3 is 0 Å². The first-order chi connectivity index (χ1) is 2.80. The predicted molar refractivity (Wildman–Crippen MR) is 20.8 cm³/mol. The Hall–Kier alpha value is 0.140. The summed E-state index contributed by atoms with van der Waals surface area (Å²) in [6.45, 7) is 0. The normalized spacial score (nSPS) is 45.0. The van der Waals surface area contributed by atoms with E-state index in [4.69, 9.17) is 11.6 Å². The Balaban J connectivity index is 2.20. The van der Waals surface area contributed by atoms with Gasteiger partial charge in [0.1, 0.15) is 5.50 Å². The molecule has 1 rings (SSSR count). The van der Waals surface area contributed by atoms with E-state index in [0.29, 0.717) is 0 Å². The van der Waals surface area contributed by atoms with Gasteiger partial charge in [-0.2, -0.15) is 0 Å². The van der Waals surface area contributed by atoms with Crippen molar-refractivity contribution in [2.45, 2.75) is 11.8 Å². The number of alkyl halides is 2. The van der Waals surface area contributed by atoms with Crippen LogP contribution in [0.15, 0.2) is 0 Å². The molecular weight excluding hydrogens is 106 g/mol. The highest BCUT2D eigenvalue weighted by Gasteiger charge is 2.26. The molecule has 36 valence electrons. The first-order valence-corrected chi connectivity index (χ1v) is 2.03. The Morgan fingerprint density at radius 3 is 2.00 bits per heavy atom. The van der Waals surface area contributed by atoms with Gasteiger partial charge in [0.05, 0.1) is 0 Å². The molecule has 0 bridgehead atoms. The highest BCUT2D eigenvalue weighted by atomic mass is 35.5. The molecule has 0 saturated carbocycles. The van der Waals surface area contributed by atoms with Crippen molar-refractivity contribution in [3.05, 3.63) is 0 Å². The molecule has 1 heterocycles. The van der Waals surface area contributed by atoms with Gasteiger partial charge in [0, 0.05) is 0 Å². The lowest BCUT2D eigenvalue weighted by molar-refractivity contribution is 0.122. The molecule has 1 aliphatic heterocycles. The second-order valence-electron chi connectivity index (χ2n) is 1.09. The van der Waals surface area contributed by atoms with Crippen molar-refractivity contribution in [2.75, 3.05) is 0 Å². The smallest absolute Gasteiger partial charge is 0.194 e. The molecular formula is C2H4ClFN2. The topological polar surface area (TPSA) is 24.1 Å². The van der Waals surface area contributed by atoms with E-state index in [1.54, 1.807) is 0 Å². The minimum atomic E-state index is -1.06. The molecule has 1 fully saturated rings. The van der Waals surface area contributed by atoms with E-state index in [9.17, 15) is 4.39 Å². The van der Waals surface area contributed by atoms with Crippen molar-refractivity contribution in [1.29, 1.82) is 0 Å². The third-order valence-electron chi connectivity index (χ3n) is 0.616. The summed E-state index contributed by atoms with van der Waals surface area (Å²) in [6.07, 6.45) is -1.06. The predicted octanol–water partition coefficient (Wildman–Crippen LogP) is -0.0453. The first-order valence-electron chi connectivity index (χ1n) is 1.60. The summed E-state index contributed by atoms with van der Waals surface area (Å²) in [7, 11) is 0. The van der Waals surface area contributed by atoms with Gasteiger partial charge in [-0.3, -0.25) is 0 Å². The lowest BCUT2D eigenvalue weighted by Gasteiger charge is -2.27. The van der Waals surface area contributed by atoms with Crippen molar-refractivity contribution >= 4 is 11.6 Å². The Morgan fingerprint density at radius 1 is 1.50 bits per heavy atom. The van der Waals surface area contributed by atoms with Gasteiger partial charge in [0.15, 0.2) is 6.30 Å². The van der Waals surface area contributed by atoms with Crippen LogP contribution in [0.5, 0.6) is 0 Å². The van der Waals surface area contributed by atoms with E-state index in [0.717, 1.165) is 0 Å². The standard InChI is InChI=1S/C2H4ClFN2/c3-1-2(4)6-5-1/h1-2,5-6H/t1?,2-/m0/s1. The van der Waals surface area contributed by atoms with Crippen LogP contribution in [-0.4, -0.2) is 11.8 Å². The molecule has 1 aliphatic rings. The van der Waals surface area contributed by atoms with E-state index >= 15 is 0 Å². The summed E-state index contributed by atoms with van der Waals surface area (Å²) in [5.41, 5.74) is 4.08. The first kappa shape index (κ1) is 4.30. The van der Waals surface area contributed by atoms with Crippen LogP contribution in [0, 0.1) is 0 Å². The monoisotopic (exact) mass is 110 g/mol. The van der Waals surface area contributed by atoms with Crippen molar-refractivity contribution < 1.29 is 4.39 Å². The third kappa shape index (κ3) is 0.489. The van der Waals surface area contributed by atoms with Gasteiger partial charge in [0.2, 0.25) is 0 Å². The largest absolute Gasteiger partial charge is 0.233 e. The highest BCUT2D eigenvalue weighted by Crippen LogP contribution is 2.05. The Morgan fingerprint density at radius 2 is 2.00 bits per heavy atom. The van der Waals surface area contributed by atoms with Gasteiger partial charge in [-0.15, -0.1) is 0 Å². The van der Waals surface area contributed by atoms with E-state index < -0.39 is 11.8 Å². The second-order valence-corrected chi connectivity index (χ2v) is 1.56. The number of halogens is 2. The molecule has 0 amide bonds. The molecule has 0 aromatic heterocycles. The van der Waals surface area contributed by atoms with Crippen LogP contribution in [-0.2, 0) is 0 Å². The fourth-order valence-corrected chi connectivity index (χ4v) is 0.335. The summed E-state index contributed by atoms with van der Waals surface area (Å²) in [5, 5.41) is 0. The van der Waals surface area contributed by atoms with Crippen LogP contribution < -0.4 is 10.9 Å². The molecule has 2 N–H and O–H groups in total. The molecule has 1 saturated heterocycles. The Kier molecular flexibility index (Phi) is 0.954. The van der Waals surface area contributed by atoms with Crippen LogP contribution >= 0.6 is 11.6 Å². The summed E-state index contributed by atoms with van der Waals surface area (Å²) < 4.78 is 11.6. The maximum atomic E-state index is 11.6. The number of nitrogens with one attached hydrogen (secondary N) is 2. The second kappa shape index (κ2) is 1.33. The summed E-state index contributed by atoms with van der Waals surface area (Å²) in [6, 6.07) is 0. The van der Waals surface area contributed by atoms with Crippen molar-refractivity contribution in [3.8, 4) is 0 Å². The third-order valence-corrected chi connectivity index (χ3v) is 0.946. The van der Waals surface area contributed by atoms with E-state index in [-0.39, 0.29) is 0 Å². The van der Waals surface area contributed by atoms with Crippen LogP contribution in [0.4, 0.5) is 4.39 Å². The highest BCUT2D eigenvalue weighted by molar-refractivity contribution is 6.21. The Bertz CT molecular complexity index is 51.5. The number of hydrazine groups is 1. The SMILES string of the molecule is F[C@H]1NNC1Cl. The van der Waals surface area contributed by atoms with Crippen LogP contribution in [0.2, 0.25) is 0 Å². The lowest BCUT2D eigenvalue weighted by Crippen LogP contribution is -2.62. The quantitative estimate of drug-likeness (QED) is 0.338. The minimum Gasteiger partial charge on any atom is -0.233 e. The molecule has 6 heavy (non-hydrogen) atoms. The van der Waals surface area contributed by atoms with Gasteiger partial charge in [-0.1, -0.05) is 11.6 Å². The van der Waals surface area contributed by atoms with E-state index in [2.05, 4.69) is 10.9 Å². The van der Waals surface area contributed by atoms with Crippen LogP contribution in [0.25, 0.3) is 0 Å². The summed E-state index contributed by atoms with van der Waals surface area (Å²) >= 11 is 5.15. The molecule has 0 radical (unpaired) electrons. The molecule has 1 unspecified atom stereocenters. The minimum absolute atomic E-state index is 0.523. The number of rotatable bonds is 0. The molecule has 4 heteroatoms. The maximum Gasteiger partial charge on any atom is 0.194 e. The van der Waals surface area contributed by atoms with Gasteiger partial charge >= 0.3 is 0 Å².